The number of hydrogen-bond acceptors (Lipinski definition) is 2. The first kappa shape index (κ1) is 11.0. The summed E-state index contributed by atoms with van der Waals surface area (Å²) in [5.74, 6) is 0. The van der Waals surface area contributed by atoms with Crippen molar-refractivity contribution in [3.63, 3.8) is 0 Å². The first-order valence-electron chi connectivity index (χ1n) is 4.50. The van der Waals surface area contributed by atoms with E-state index in [0.717, 1.165) is 6.54 Å². The van der Waals surface area contributed by atoms with Crippen LogP contribution in [0.15, 0.2) is 17.5 Å². The summed E-state index contributed by atoms with van der Waals surface area (Å²) in [6, 6.07) is 4.12. The zero-order chi connectivity index (χ0) is 9.90. The molecule has 1 N–H and O–H groups in total. The smallest absolute Gasteiger partial charge is 0.0854 e. The highest BCUT2D eigenvalue weighted by atomic mass is 35.5. The Hall–Kier alpha value is -0.0500. The number of likely N-dealkylation sites (N-methyl/N-ethyl adjacent to an activating group) is 1. The van der Waals surface area contributed by atoms with Gasteiger partial charge in [-0.05, 0) is 31.8 Å². The molecule has 0 unspecified atom stereocenters. The lowest BCUT2D eigenvalue weighted by molar-refractivity contribution is 0.388. The molecule has 1 aromatic heterocycles. The first-order valence-corrected chi connectivity index (χ1v) is 5.82. The maximum atomic E-state index is 6.37. The highest BCUT2D eigenvalue weighted by Crippen LogP contribution is 2.34. The van der Waals surface area contributed by atoms with Gasteiger partial charge < -0.3 is 5.32 Å². The van der Waals surface area contributed by atoms with Crippen molar-refractivity contribution in [1.82, 2.24) is 5.32 Å². The van der Waals surface area contributed by atoms with Crippen molar-refractivity contribution < 1.29 is 0 Å². The van der Waals surface area contributed by atoms with E-state index in [1.54, 1.807) is 11.3 Å². The van der Waals surface area contributed by atoms with E-state index in [1.165, 1.54) is 4.88 Å². The summed E-state index contributed by atoms with van der Waals surface area (Å²) in [5, 5.41) is 5.50. The summed E-state index contributed by atoms with van der Waals surface area (Å²) < 4.78 is 0. The van der Waals surface area contributed by atoms with Crippen molar-refractivity contribution in [2.24, 2.45) is 0 Å². The Kier molecular flexibility index (Phi) is 3.77. The molecule has 1 heterocycles. The van der Waals surface area contributed by atoms with Gasteiger partial charge in [-0.15, -0.1) is 22.9 Å². The molecule has 0 saturated heterocycles. The second kappa shape index (κ2) is 4.45. The highest BCUT2D eigenvalue weighted by molar-refractivity contribution is 7.10. The van der Waals surface area contributed by atoms with Gasteiger partial charge in [0.2, 0.25) is 0 Å². The first-order chi connectivity index (χ1) is 6.08. The Morgan fingerprint density at radius 1 is 1.62 bits per heavy atom. The van der Waals surface area contributed by atoms with Gasteiger partial charge >= 0.3 is 0 Å². The van der Waals surface area contributed by atoms with Crippen molar-refractivity contribution in [2.75, 3.05) is 6.54 Å². The van der Waals surface area contributed by atoms with E-state index in [2.05, 4.69) is 37.5 Å². The van der Waals surface area contributed by atoms with Gasteiger partial charge in [-0.2, -0.15) is 0 Å². The molecule has 13 heavy (non-hydrogen) atoms. The minimum atomic E-state index is -0.0405. The quantitative estimate of drug-likeness (QED) is 0.763. The third-order valence-corrected chi connectivity index (χ3v) is 3.91. The lowest BCUT2D eigenvalue weighted by Gasteiger charge is -2.30. The number of thiophene rings is 1. The molecule has 0 aliphatic carbocycles. The summed E-state index contributed by atoms with van der Waals surface area (Å²) >= 11 is 8.08. The molecular weight excluding hydrogens is 202 g/mol. The molecule has 0 fully saturated rings. The summed E-state index contributed by atoms with van der Waals surface area (Å²) in [5.41, 5.74) is -0.0405. The Balaban J connectivity index is 2.71. The zero-order valence-corrected chi connectivity index (χ0v) is 9.88. The largest absolute Gasteiger partial charge is 0.310 e. The maximum absolute atomic E-state index is 6.37. The van der Waals surface area contributed by atoms with Crippen molar-refractivity contribution >= 4 is 22.9 Å². The maximum Gasteiger partial charge on any atom is 0.0854 e. The molecule has 0 aliphatic heterocycles. The van der Waals surface area contributed by atoms with Crippen LogP contribution >= 0.6 is 22.9 Å². The van der Waals surface area contributed by atoms with Gasteiger partial charge in [0.05, 0.1) is 5.38 Å². The minimum absolute atomic E-state index is 0.0405. The Morgan fingerprint density at radius 2 is 2.31 bits per heavy atom. The molecule has 0 spiro atoms. The van der Waals surface area contributed by atoms with Crippen molar-refractivity contribution in [3.8, 4) is 0 Å². The van der Waals surface area contributed by atoms with Crippen LogP contribution in [0.2, 0.25) is 0 Å². The van der Waals surface area contributed by atoms with E-state index < -0.39 is 0 Å². The van der Waals surface area contributed by atoms with E-state index in [1.807, 2.05) is 6.07 Å². The van der Waals surface area contributed by atoms with Crippen LogP contribution in [-0.2, 0) is 0 Å². The van der Waals surface area contributed by atoms with Crippen LogP contribution in [0.3, 0.4) is 0 Å². The summed E-state index contributed by atoms with van der Waals surface area (Å²) in [6.07, 6.45) is 0. The normalized spacial score (nSPS) is 14.5. The van der Waals surface area contributed by atoms with Crippen LogP contribution in [0.1, 0.15) is 31.0 Å². The molecule has 0 aliphatic rings. The predicted octanol–water partition coefficient (Wildman–Crippen LogP) is 3.42. The van der Waals surface area contributed by atoms with Gasteiger partial charge in [0.1, 0.15) is 0 Å². The van der Waals surface area contributed by atoms with Crippen LogP contribution in [0.5, 0.6) is 0 Å². The fraction of sp³-hybridized carbons (Fsp3) is 0.600. The molecule has 0 bridgehead atoms. The van der Waals surface area contributed by atoms with E-state index in [9.17, 15) is 0 Å². The molecule has 0 aromatic carbocycles. The SMILES string of the molecule is CCNC(C)(C)[C@@H](Cl)c1cccs1. The topological polar surface area (TPSA) is 12.0 Å². The zero-order valence-electron chi connectivity index (χ0n) is 8.30. The fourth-order valence-corrected chi connectivity index (χ4v) is 2.53. The standard InChI is InChI=1S/C10H16ClNS/c1-4-12-10(2,3)9(11)8-6-5-7-13-8/h5-7,9,12H,4H2,1-3H3/t9-/m0/s1. The third kappa shape index (κ3) is 2.70. The molecule has 1 nitrogen and oxygen atoms in total. The van der Waals surface area contributed by atoms with Gasteiger partial charge in [-0.1, -0.05) is 13.0 Å². The molecule has 1 atom stereocenters. The van der Waals surface area contributed by atoms with E-state index >= 15 is 0 Å². The van der Waals surface area contributed by atoms with Gasteiger partial charge in [0.25, 0.3) is 0 Å². The molecule has 3 heteroatoms. The monoisotopic (exact) mass is 217 g/mol. The molecular formula is C10H16ClNS. The van der Waals surface area contributed by atoms with E-state index in [4.69, 9.17) is 11.6 Å². The average Bonchev–Trinajstić information content (AvgIpc) is 2.54. The van der Waals surface area contributed by atoms with Crippen molar-refractivity contribution in [1.29, 1.82) is 0 Å². The van der Waals surface area contributed by atoms with E-state index in [-0.39, 0.29) is 10.9 Å². The Bertz CT molecular complexity index is 243. The van der Waals surface area contributed by atoms with Gasteiger partial charge in [-0.25, -0.2) is 0 Å². The van der Waals surface area contributed by atoms with Crippen LogP contribution in [0.25, 0.3) is 0 Å². The lowest BCUT2D eigenvalue weighted by atomic mass is 9.99. The van der Waals surface area contributed by atoms with Gasteiger partial charge in [0.15, 0.2) is 0 Å². The van der Waals surface area contributed by atoms with Crippen LogP contribution in [0.4, 0.5) is 0 Å². The molecule has 1 aromatic rings. The number of halogens is 1. The molecule has 0 radical (unpaired) electrons. The predicted molar refractivity (Wildman–Crippen MR) is 60.7 cm³/mol. The van der Waals surface area contributed by atoms with Gasteiger partial charge in [0, 0.05) is 10.4 Å². The van der Waals surface area contributed by atoms with Crippen molar-refractivity contribution in [3.05, 3.63) is 22.4 Å². The van der Waals surface area contributed by atoms with Crippen LogP contribution < -0.4 is 5.32 Å². The second-order valence-corrected chi connectivity index (χ2v) is 5.05. The number of alkyl halides is 1. The molecule has 74 valence electrons. The fourth-order valence-electron chi connectivity index (χ4n) is 1.34. The Labute approximate surface area is 89.1 Å². The number of rotatable bonds is 4. The number of nitrogens with one attached hydrogen (secondary N) is 1. The van der Waals surface area contributed by atoms with Gasteiger partial charge in [-0.3, -0.25) is 0 Å². The summed E-state index contributed by atoms with van der Waals surface area (Å²) in [7, 11) is 0. The summed E-state index contributed by atoms with van der Waals surface area (Å²) in [4.78, 5) is 1.23. The minimum Gasteiger partial charge on any atom is -0.310 e. The highest BCUT2D eigenvalue weighted by Gasteiger charge is 2.28. The van der Waals surface area contributed by atoms with Crippen LogP contribution in [-0.4, -0.2) is 12.1 Å². The van der Waals surface area contributed by atoms with E-state index in [0.29, 0.717) is 0 Å². The Morgan fingerprint density at radius 3 is 2.77 bits per heavy atom. The third-order valence-electron chi connectivity index (χ3n) is 2.06. The summed E-state index contributed by atoms with van der Waals surface area (Å²) in [6.45, 7) is 7.31. The lowest BCUT2D eigenvalue weighted by Crippen LogP contribution is -2.42. The molecule has 1 rings (SSSR count). The van der Waals surface area contributed by atoms with Crippen LogP contribution in [0, 0.1) is 0 Å². The molecule has 0 amide bonds. The average molecular weight is 218 g/mol. The van der Waals surface area contributed by atoms with Crippen molar-refractivity contribution in [2.45, 2.75) is 31.7 Å². The molecule has 0 saturated carbocycles. The number of hydrogen-bond donors (Lipinski definition) is 1. The second-order valence-electron chi connectivity index (χ2n) is 3.63.